The molecule has 114 valence electrons. The maximum Gasteiger partial charge on any atom is 0.259 e. The van der Waals surface area contributed by atoms with Crippen LogP contribution in [0.1, 0.15) is 11.1 Å². The number of carbonyl (C=O) groups excluding carboxylic acids is 1. The Morgan fingerprint density at radius 3 is 2.82 bits per heavy atom. The number of hydrogen-bond acceptors (Lipinski definition) is 3. The molecular formula is C16H15ClIN3O. The Hall–Kier alpha value is -1.60. The van der Waals surface area contributed by atoms with Crippen LogP contribution in [-0.2, 0) is 4.79 Å². The summed E-state index contributed by atoms with van der Waals surface area (Å²) in [5.41, 5.74) is 5.26. The maximum atomic E-state index is 11.7. The molecule has 0 aliphatic carbocycles. The number of halogens is 2. The molecular weight excluding hydrogens is 413 g/mol. The summed E-state index contributed by atoms with van der Waals surface area (Å²) in [4.78, 5) is 11.7. The van der Waals surface area contributed by atoms with Crippen LogP contribution in [0.4, 0.5) is 5.69 Å². The van der Waals surface area contributed by atoms with E-state index in [1.807, 2.05) is 37.3 Å². The first-order valence-corrected chi connectivity index (χ1v) is 8.08. The van der Waals surface area contributed by atoms with E-state index in [-0.39, 0.29) is 12.5 Å². The third-order valence-electron chi connectivity index (χ3n) is 2.93. The van der Waals surface area contributed by atoms with Gasteiger partial charge in [0.2, 0.25) is 0 Å². The van der Waals surface area contributed by atoms with Gasteiger partial charge in [-0.25, -0.2) is 5.43 Å². The van der Waals surface area contributed by atoms with Crippen molar-refractivity contribution in [2.45, 2.75) is 6.92 Å². The highest BCUT2D eigenvalue weighted by atomic mass is 127. The first-order chi connectivity index (χ1) is 10.6. The number of rotatable bonds is 5. The van der Waals surface area contributed by atoms with E-state index in [1.165, 1.54) is 6.21 Å². The lowest BCUT2D eigenvalue weighted by atomic mass is 10.2. The van der Waals surface area contributed by atoms with Gasteiger partial charge in [0.25, 0.3) is 5.91 Å². The molecule has 0 aliphatic heterocycles. The predicted molar refractivity (Wildman–Crippen MR) is 99.6 cm³/mol. The van der Waals surface area contributed by atoms with E-state index in [0.717, 1.165) is 20.4 Å². The van der Waals surface area contributed by atoms with Gasteiger partial charge in [-0.1, -0.05) is 29.8 Å². The minimum absolute atomic E-state index is 0.154. The van der Waals surface area contributed by atoms with Crippen molar-refractivity contribution >= 4 is 52.0 Å². The number of benzene rings is 2. The molecule has 0 saturated carbocycles. The van der Waals surface area contributed by atoms with Crippen molar-refractivity contribution in [1.29, 1.82) is 0 Å². The number of anilines is 1. The van der Waals surface area contributed by atoms with Crippen molar-refractivity contribution in [1.82, 2.24) is 5.43 Å². The SMILES string of the molecule is Cc1cc(I)ccc1NCC(=O)N/N=C\c1ccccc1Cl. The summed E-state index contributed by atoms with van der Waals surface area (Å²) in [6.07, 6.45) is 1.52. The molecule has 0 heterocycles. The summed E-state index contributed by atoms with van der Waals surface area (Å²) in [7, 11) is 0. The maximum absolute atomic E-state index is 11.7. The molecule has 0 radical (unpaired) electrons. The number of nitrogens with zero attached hydrogens (tertiary/aromatic N) is 1. The lowest BCUT2D eigenvalue weighted by Gasteiger charge is -2.08. The molecule has 0 saturated heterocycles. The molecule has 6 heteroatoms. The standard InChI is InChI=1S/C16H15ClIN3O/c1-11-8-13(18)6-7-15(11)19-10-16(22)21-20-9-12-4-2-3-5-14(12)17/h2-9,19H,10H2,1H3,(H,21,22)/b20-9-. The molecule has 4 nitrogen and oxygen atoms in total. The van der Waals surface area contributed by atoms with Crippen LogP contribution in [0.3, 0.4) is 0 Å². The first kappa shape index (κ1) is 16.8. The van der Waals surface area contributed by atoms with Gasteiger partial charge in [-0.2, -0.15) is 5.10 Å². The zero-order chi connectivity index (χ0) is 15.9. The zero-order valence-corrected chi connectivity index (χ0v) is 14.9. The molecule has 22 heavy (non-hydrogen) atoms. The Bertz CT molecular complexity index is 704. The van der Waals surface area contributed by atoms with Gasteiger partial charge < -0.3 is 5.32 Å². The molecule has 0 aromatic heterocycles. The smallest absolute Gasteiger partial charge is 0.259 e. The summed E-state index contributed by atoms with van der Waals surface area (Å²) < 4.78 is 1.16. The summed E-state index contributed by atoms with van der Waals surface area (Å²) in [5.74, 6) is -0.221. The van der Waals surface area contributed by atoms with Gasteiger partial charge in [-0.05, 0) is 59.3 Å². The Morgan fingerprint density at radius 2 is 2.09 bits per heavy atom. The van der Waals surface area contributed by atoms with Crippen molar-refractivity contribution in [3.63, 3.8) is 0 Å². The summed E-state index contributed by atoms with van der Waals surface area (Å²) >= 11 is 8.25. The van der Waals surface area contributed by atoms with E-state index in [1.54, 1.807) is 6.07 Å². The van der Waals surface area contributed by atoms with Gasteiger partial charge in [0.1, 0.15) is 0 Å². The lowest BCUT2D eigenvalue weighted by Crippen LogP contribution is -2.26. The van der Waals surface area contributed by atoms with Crippen molar-refractivity contribution in [3.05, 3.63) is 62.2 Å². The van der Waals surface area contributed by atoms with Gasteiger partial charge in [0, 0.05) is 19.8 Å². The minimum atomic E-state index is -0.221. The predicted octanol–water partition coefficient (Wildman–Crippen LogP) is 3.82. The second-order valence-corrected chi connectivity index (χ2v) is 6.28. The molecule has 2 N–H and O–H groups in total. The Labute approximate surface area is 148 Å². The molecule has 1 amide bonds. The second-order valence-electron chi connectivity index (χ2n) is 4.63. The monoisotopic (exact) mass is 427 g/mol. The zero-order valence-electron chi connectivity index (χ0n) is 11.9. The fourth-order valence-electron chi connectivity index (χ4n) is 1.79. The number of carbonyl (C=O) groups is 1. The van der Waals surface area contributed by atoms with Gasteiger partial charge in [-0.15, -0.1) is 0 Å². The number of hydrogen-bond donors (Lipinski definition) is 2. The molecule has 2 rings (SSSR count). The van der Waals surface area contributed by atoms with Crippen LogP contribution in [0.5, 0.6) is 0 Å². The third-order valence-corrected chi connectivity index (χ3v) is 3.94. The average Bonchev–Trinajstić information content (AvgIpc) is 2.48. The van der Waals surface area contributed by atoms with E-state index in [9.17, 15) is 4.79 Å². The van der Waals surface area contributed by atoms with Crippen LogP contribution in [0.2, 0.25) is 5.02 Å². The van der Waals surface area contributed by atoms with Crippen LogP contribution in [0.15, 0.2) is 47.6 Å². The van der Waals surface area contributed by atoms with E-state index in [2.05, 4.69) is 44.5 Å². The normalized spacial score (nSPS) is 10.7. The van der Waals surface area contributed by atoms with Crippen LogP contribution in [0.25, 0.3) is 0 Å². The van der Waals surface area contributed by atoms with Gasteiger partial charge in [0.05, 0.1) is 12.8 Å². The quantitative estimate of drug-likeness (QED) is 0.433. The molecule has 0 aliphatic rings. The Kier molecular flexibility index (Phi) is 6.21. The lowest BCUT2D eigenvalue weighted by molar-refractivity contribution is -0.119. The molecule has 0 bridgehead atoms. The van der Waals surface area contributed by atoms with Crippen molar-refractivity contribution in [2.75, 3.05) is 11.9 Å². The highest BCUT2D eigenvalue weighted by molar-refractivity contribution is 14.1. The van der Waals surface area contributed by atoms with Crippen molar-refractivity contribution < 1.29 is 4.79 Å². The molecule has 2 aromatic carbocycles. The third kappa shape index (κ3) is 4.99. The van der Waals surface area contributed by atoms with Crippen LogP contribution < -0.4 is 10.7 Å². The molecule has 0 spiro atoms. The molecule has 2 aromatic rings. The summed E-state index contributed by atoms with van der Waals surface area (Å²) in [6, 6.07) is 13.3. The fourth-order valence-corrected chi connectivity index (χ4v) is 2.63. The summed E-state index contributed by atoms with van der Waals surface area (Å²) in [6.45, 7) is 2.15. The number of nitrogens with one attached hydrogen (secondary N) is 2. The largest absolute Gasteiger partial charge is 0.376 e. The highest BCUT2D eigenvalue weighted by Gasteiger charge is 2.02. The highest BCUT2D eigenvalue weighted by Crippen LogP contribution is 2.17. The fraction of sp³-hybridized carbons (Fsp3) is 0.125. The number of hydrazone groups is 1. The molecule has 0 fully saturated rings. The Morgan fingerprint density at radius 1 is 1.32 bits per heavy atom. The van der Waals surface area contributed by atoms with Gasteiger partial charge in [-0.3, -0.25) is 4.79 Å². The van der Waals surface area contributed by atoms with Gasteiger partial charge >= 0.3 is 0 Å². The van der Waals surface area contributed by atoms with Gasteiger partial charge in [0.15, 0.2) is 0 Å². The van der Waals surface area contributed by atoms with E-state index >= 15 is 0 Å². The molecule has 0 unspecified atom stereocenters. The van der Waals surface area contributed by atoms with Crippen LogP contribution >= 0.6 is 34.2 Å². The van der Waals surface area contributed by atoms with E-state index in [4.69, 9.17) is 11.6 Å². The average molecular weight is 428 g/mol. The summed E-state index contributed by atoms with van der Waals surface area (Å²) in [5, 5.41) is 7.58. The van der Waals surface area contributed by atoms with Crippen molar-refractivity contribution in [3.8, 4) is 0 Å². The molecule has 0 atom stereocenters. The number of aryl methyl sites for hydroxylation is 1. The Balaban J connectivity index is 1.84. The van der Waals surface area contributed by atoms with E-state index < -0.39 is 0 Å². The second kappa shape index (κ2) is 8.14. The minimum Gasteiger partial charge on any atom is -0.376 e. The van der Waals surface area contributed by atoms with Crippen LogP contribution in [0, 0.1) is 10.5 Å². The topological polar surface area (TPSA) is 53.5 Å². The van der Waals surface area contributed by atoms with Crippen molar-refractivity contribution in [2.24, 2.45) is 5.10 Å². The van der Waals surface area contributed by atoms with E-state index in [0.29, 0.717) is 5.02 Å². The number of amides is 1. The van der Waals surface area contributed by atoms with Crippen LogP contribution in [-0.4, -0.2) is 18.7 Å². The first-order valence-electron chi connectivity index (χ1n) is 6.63.